The molecule has 1 atom stereocenters. The Kier molecular flexibility index (Phi) is 50.9. The fraction of sp³-hybridized carbons (Fsp3) is 0.789. The second kappa shape index (κ2) is 52.9. The van der Waals surface area contributed by atoms with Gasteiger partial charge in [-0.05, 0) is 83.5 Å². The van der Waals surface area contributed by atoms with Crippen LogP contribution in [-0.4, -0.2) is 36.4 Å². The van der Waals surface area contributed by atoms with Gasteiger partial charge in [-0.1, -0.05) is 235 Å². The Morgan fingerprint density at radius 1 is 0.371 bits per heavy atom. The third kappa shape index (κ3) is 50.2. The Bertz CT molecular complexity index is 1070. The third-order valence-electron chi connectivity index (χ3n) is 11.8. The van der Waals surface area contributed by atoms with E-state index >= 15 is 0 Å². The molecule has 0 bridgehead atoms. The smallest absolute Gasteiger partial charge is 0.306 e. The normalized spacial score (nSPS) is 12.6. The molecule has 360 valence electrons. The highest BCUT2D eigenvalue weighted by Crippen LogP contribution is 2.16. The van der Waals surface area contributed by atoms with Crippen LogP contribution in [0.4, 0.5) is 0 Å². The largest absolute Gasteiger partial charge is 0.462 e. The first-order valence-electron chi connectivity index (χ1n) is 26.8. The van der Waals surface area contributed by atoms with Gasteiger partial charge in [0.05, 0.1) is 6.61 Å². The number of esters is 2. The second-order valence-electron chi connectivity index (χ2n) is 17.9. The zero-order valence-corrected chi connectivity index (χ0v) is 41.1. The van der Waals surface area contributed by atoms with Crippen molar-refractivity contribution in [2.24, 2.45) is 0 Å². The van der Waals surface area contributed by atoms with E-state index in [0.29, 0.717) is 12.8 Å². The second-order valence-corrected chi connectivity index (χ2v) is 17.9. The first kappa shape index (κ1) is 59.6. The highest BCUT2D eigenvalue weighted by molar-refractivity contribution is 5.70. The molecule has 0 spiro atoms. The van der Waals surface area contributed by atoms with Crippen molar-refractivity contribution in [3.63, 3.8) is 0 Å². The van der Waals surface area contributed by atoms with E-state index in [1.54, 1.807) is 0 Å². The first-order valence-corrected chi connectivity index (χ1v) is 26.8. The van der Waals surface area contributed by atoms with Gasteiger partial charge in [-0.3, -0.25) is 9.59 Å². The predicted molar refractivity (Wildman–Crippen MR) is 270 cm³/mol. The van der Waals surface area contributed by atoms with E-state index in [2.05, 4.69) is 74.6 Å². The summed E-state index contributed by atoms with van der Waals surface area (Å²) < 4.78 is 10.7. The van der Waals surface area contributed by atoms with Crippen molar-refractivity contribution < 1.29 is 24.2 Å². The molecule has 0 fully saturated rings. The molecule has 0 aromatic heterocycles. The highest BCUT2D eigenvalue weighted by Gasteiger charge is 2.16. The number of aliphatic hydroxyl groups excluding tert-OH is 1. The molecular formula is C57H102O5. The summed E-state index contributed by atoms with van der Waals surface area (Å²) in [5, 5.41) is 9.64. The number of unbranched alkanes of at least 4 members (excludes halogenated alkanes) is 31. The molecule has 1 N–H and O–H groups in total. The molecule has 1 unspecified atom stereocenters. The number of hydrogen-bond donors (Lipinski definition) is 1. The van der Waals surface area contributed by atoms with E-state index in [-0.39, 0.29) is 25.2 Å². The van der Waals surface area contributed by atoms with Crippen LogP contribution in [0.1, 0.15) is 271 Å². The van der Waals surface area contributed by atoms with Gasteiger partial charge < -0.3 is 14.6 Å². The van der Waals surface area contributed by atoms with Gasteiger partial charge in [-0.25, -0.2) is 0 Å². The first-order chi connectivity index (χ1) is 30.6. The minimum atomic E-state index is -0.776. The predicted octanol–water partition coefficient (Wildman–Crippen LogP) is 17.9. The Balaban J connectivity index is 3.49. The van der Waals surface area contributed by atoms with Crippen LogP contribution in [0.2, 0.25) is 0 Å². The Morgan fingerprint density at radius 2 is 0.645 bits per heavy atom. The van der Waals surface area contributed by atoms with Crippen LogP contribution in [-0.2, 0) is 19.1 Å². The molecule has 0 aliphatic heterocycles. The quantitative estimate of drug-likeness (QED) is 0.0375. The molecule has 0 amide bonds. The Labute approximate surface area is 385 Å². The summed E-state index contributed by atoms with van der Waals surface area (Å²) >= 11 is 0. The monoisotopic (exact) mass is 867 g/mol. The minimum absolute atomic E-state index is 0.0680. The van der Waals surface area contributed by atoms with Crippen LogP contribution in [0.25, 0.3) is 0 Å². The Hall–Kier alpha value is -2.40. The molecular weight excluding hydrogens is 765 g/mol. The van der Waals surface area contributed by atoms with Crippen LogP contribution in [0, 0.1) is 0 Å². The van der Waals surface area contributed by atoms with Crippen LogP contribution >= 0.6 is 0 Å². The van der Waals surface area contributed by atoms with Crippen molar-refractivity contribution in [3.05, 3.63) is 60.8 Å². The maximum Gasteiger partial charge on any atom is 0.306 e. The molecule has 0 radical (unpaired) electrons. The summed E-state index contributed by atoms with van der Waals surface area (Å²) in [4.78, 5) is 24.5. The van der Waals surface area contributed by atoms with Crippen LogP contribution in [0.15, 0.2) is 60.8 Å². The fourth-order valence-electron chi connectivity index (χ4n) is 7.71. The number of ether oxygens (including phenoxy) is 2. The van der Waals surface area contributed by atoms with Crippen molar-refractivity contribution in [3.8, 4) is 0 Å². The lowest BCUT2D eigenvalue weighted by atomic mass is 10.0. The van der Waals surface area contributed by atoms with E-state index in [4.69, 9.17) is 9.47 Å². The molecule has 62 heavy (non-hydrogen) atoms. The zero-order chi connectivity index (χ0) is 44.9. The van der Waals surface area contributed by atoms with E-state index in [9.17, 15) is 14.7 Å². The summed E-state index contributed by atoms with van der Waals surface area (Å²) in [6.07, 6.45) is 70.3. The van der Waals surface area contributed by atoms with Crippen molar-refractivity contribution in [1.29, 1.82) is 0 Å². The van der Waals surface area contributed by atoms with Gasteiger partial charge in [0.2, 0.25) is 0 Å². The summed E-state index contributed by atoms with van der Waals surface area (Å²) in [5.74, 6) is -0.589. The number of aliphatic hydroxyl groups is 1. The molecule has 0 saturated heterocycles. The lowest BCUT2D eigenvalue weighted by Crippen LogP contribution is -2.28. The fourth-order valence-corrected chi connectivity index (χ4v) is 7.71. The molecule has 0 aromatic carbocycles. The summed E-state index contributed by atoms with van der Waals surface area (Å²) in [5.41, 5.74) is 0. The molecule has 0 aliphatic rings. The van der Waals surface area contributed by atoms with Crippen molar-refractivity contribution >= 4 is 11.9 Å². The van der Waals surface area contributed by atoms with Gasteiger partial charge >= 0.3 is 11.9 Å². The number of allylic oxidation sites excluding steroid dienone is 10. The average Bonchev–Trinajstić information content (AvgIpc) is 3.28. The minimum Gasteiger partial charge on any atom is -0.462 e. The Morgan fingerprint density at radius 3 is 1.00 bits per heavy atom. The molecule has 0 heterocycles. The third-order valence-corrected chi connectivity index (χ3v) is 11.8. The molecule has 0 rings (SSSR count). The highest BCUT2D eigenvalue weighted by atomic mass is 16.6. The van der Waals surface area contributed by atoms with E-state index in [1.165, 1.54) is 186 Å². The van der Waals surface area contributed by atoms with E-state index in [1.807, 2.05) is 0 Å². The maximum absolute atomic E-state index is 12.3. The molecule has 5 heteroatoms. The van der Waals surface area contributed by atoms with Crippen molar-refractivity contribution in [2.75, 3.05) is 13.2 Å². The summed E-state index contributed by atoms with van der Waals surface area (Å²) in [7, 11) is 0. The van der Waals surface area contributed by atoms with Crippen LogP contribution in [0.5, 0.6) is 0 Å². The SMILES string of the molecule is CCCCC/C=C\C/C=C\CCCCCCCCCCCC(=O)OCC(CO)OC(=O)CCCCCCCCCCCCCCCC/C=C\C/C=C\C/C=C\CCCCCCC. The van der Waals surface area contributed by atoms with Gasteiger partial charge in [0.15, 0.2) is 6.10 Å². The van der Waals surface area contributed by atoms with Gasteiger partial charge in [0.25, 0.3) is 0 Å². The molecule has 0 aliphatic carbocycles. The summed E-state index contributed by atoms with van der Waals surface area (Å²) in [6, 6.07) is 0. The lowest BCUT2D eigenvalue weighted by Gasteiger charge is -2.15. The molecule has 0 aromatic rings. The van der Waals surface area contributed by atoms with E-state index in [0.717, 1.165) is 57.8 Å². The zero-order valence-electron chi connectivity index (χ0n) is 41.1. The lowest BCUT2D eigenvalue weighted by molar-refractivity contribution is -0.161. The van der Waals surface area contributed by atoms with Gasteiger partial charge in [0.1, 0.15) is 6.61 Å². The number of rotatable bonds is 49. The number of carbonyl (C=O) groups is 2. The van der Waals surface area contributed by atoms with E-state index < -0.39 is 6.10 Å². The van der Waals surface area contributed by atoms with Gasteiger partial charge in [-0.2, -0.15) is 0 Å². The molecule has 0 saturated carbocycles. The topological polar surface area (TPSA) is 72.8 Å². The summed E-state index contributed by atoms with van der Waals surface area (Å²) in [6.45, 7) is 4.12. The maximum atomic E-state index is 12.3. The van der Waals surface area contributed by atoms with Gasteiger partial charge in [0, 0.05) is 12.8 Å². The number of carbonyl (C=O) groups excluding carboxylic acids is 2. The van der Waals surface area contributed by atoms with Crippen molar-refractivity contribution in [1.82, 2.24) is 0 Å². The standard InChI is InChI=1S/C57H102O5/c1-3-5-7-9-11-13-15-17-19-21-23-24-25-26-27-28-29-30-31-32-34-36-38-40-42-44-46-48-50-52-57(60)62-55(53-58)54-61-56(59)51-49-47-45-43-41-39-37-35-33-22-20-18-16-14-12-10-8-6-4-2/h12,14-15,17-18,20-21,23,25-26,55,58H,3-11,13,16,19,22,24,27-54H2,1-2H3/b14-12-,17-15-,20-18-,23-21-,26-25-. The average molecular weight is 867 g/mol. The van der Waals surface area contributed by atoms with Crippen LogP contribution in [0.3, 0.4) is 0 Å². The van der Waals surface area contributed by atoms with Crippen LogP contribution < -0.4 is 0 Å². The van der Waals surface area contributed by atoms with Gasteiger partial charge in [-0.15, -0.1) is 0 Å². The molecule has 5 nitrogen and oxygen atoms in total. The van der Waals surface area contributed by atoms with Crippen molar-refractivity contribution in [2.45, 2.75) is 277 Å². The number of hydrogen-bond acceptors (Lipinski definition) is 5.